The molecule has 2 aromatic carbocycles. The Kier molecular flexibility index (Phi) is 6.38. The Hall–Kier alpha value is -2.13. The van der Waals surface area contributed by atoms with Crippen LogP contribution in [-0.4, -0.2) is 32.3 Å². The Morgan fingerprint density at radius 2 is 1.92 bits per heavy atom. The molecular formula is C16H18ClN3O4S. The fraction of sp³-hybridized carbons (Fsp3) is 0.188. The topological polar surface area (TPSA) is 102 Å². The monoisotopic (exact) mass is 383 g/mol. The fourth-order valence-corrected chi connectivity index (χ4v) is 3.91. The number of halogens is 1. The Morgan fingerprint density at radius 1 is 1.24 bits per heavy atom. The van der Waals surface area contributed by atoms with E-state index < -0.39 is 22.5 Å². The lowest BCUT2D eigenvalue weighted by Gasteiger charge is -2.22. The predicted octanol–water partition coefficient (Wildman–Crippen LogP) is 1.53. The van der Waals surface area contributed by atoms with Gasteiger partial charge in [0.15, 0.2) is 0 Å². The van der Waals surface area contributed by atoms with Crippen LogP contribution in [0.4, 0.5) is 0 Å². The van der Waals surface area contributed by atoms with Crippen molar-refractivity contribution >= 4 is 27.5 Å². The molecule has 0 bridgehead atoms. The summed E-state index contributed by atoms with van der Waals surface area (Å²) >= 11 is 6.03. The van der Waals surface area contributed by atoms with E-state index in [2.05, 4.69) is 0 Å². The molecule has 25 heavy (non-hydrogen) atoms. The van der Waals surface area contributed by atoms with Gasteiger partial charge in [0, 0.05) is 6.54 Å². The Morgan fingerprint density at radius 3 is 2.48 bits per heavy atom. The molecule has 0 aromatic heterocycles. The largest absolute Gasteiger partial charge is 0.495 e. The first-order chi connectivity index (χ1) is 11.9. The molecule has 1 amide bonds. The quantitative estimate of drug-likeness (QED) is 0.429. The first kappa shape index (κ1) is 19.2. The van der Waals surface area contributed by atoms with Crippen molar-refractivity contribution in [2.24, 2.45) is 5.84 Å². The second kappa shape index (κ2) is 8.30. The Labute approximate surface area is 151 Å². The third-order valence-corrected chi connectivity index (χ3v) is 5.53. The second-order valence-electron chi connectivity index (χ2n) is 5.12. The summed E-state index contributed by atoms with van der Waals surface area (Å²) < 4.78 is 32.0. The van der Waals surface area contributed by atoms with Crippen molar-refractivity contribution in [1.29, 1.82) is 0 Å². The van der Waals surface area contributed by atoms with E-state index in [9.17, 15) is 13.2 Å². The van der Waals surface area contributed by atoms with E-state index in [0.29, 0.717) is 5.75 Å². The van der Waals surface area contributed by atoms with Gasteiger partial charge < -0.3 is 4.74 Å². The van der Waals surface area contributed by atoms with E-state index in [-0.39, 0.29) is 16.5 Å². The molecule has 0 spiro atoms. The number of methoxy groups -OCH3 is 1. The van der Waals surface area contributed by atoms with Gasteiger partial charge in [0.2, 0.25) is 15.9 Å². The molecule has 0 radical (unpaired) electrons. The molecule has 2 aromatic rings. The third-order valence-electron chi connectivity index (χ3n) is 3.44. The summed E-state index contributed by atoms with van der Waals surface area (Å²) in [5.74, 6) is 4.83. The van der Waals surface area contributed by atoms with Crippen LogP contribution in [0.25, 0.3) is 0 Å². The van der Waals surface area contributed by atoms with Gasteiger partial charge in [-0.25, -0.2) is 14.3 Å². The summed E-state index contributed by atoms with van der Waals surface area (Å²) in [6.45, 7) is -0.405. The predicted molar refractivity (Wildman–Crippen MR) is 94.4 cm³/mol. The number of hydrogen-bond donors (Lipinski definition) is 2. The normalized spacial score (nSPS) is 11.4. The molecule has 3 N–H and O–H groups in total. The highest BCUT2D eigenvalue weighted by Gasteiger charge is 2.27. The number of nitrogens with two attached hydrogens (primary N) is 1. The molecule has 7 nitrogen and oxygen atoms in total. The number of hydrogen-bond acceptors (Lipinski definition) is 5. The van der Waals surface area contributed by atoms with E-state index in [4.69, 9.17) is 22.2 Å². The number of nitrogens with one attached hydrogen (secondary N) is 1. The summed E-state index contributed by atoms with van der Waals surface area (Å²) in [7, 11) is -2.54. The second-order valence-corrected chi connectivity index (χ2v) is 7.47. The summed E-state index contributed by atoms with van der Waals surface area (Å²) in [4.78, 5) is 11.6. The molecule has 0 saturated carbocycles. The number of sulfonamides is 1. The van der Waals surface area contributed by atoms with Gasteiger partial charge in [-0.2, -0.15) is 4.31 Å². The minimum atomic E-state index is -3.97. The number of benzene rings is 2. The standard InChI is InChI=1S/C16H18ClN3O4S/c1-24-15-8-7-13(9-14(15)17)25(22,23)20(11-16(21)19-18)10-12-5-3-2-4-6-12/h2-9H,10-11,18H2,1H3,(H,19,21). The van der Waals surface area contributed by atoms with Crippen LogP contribution in [0.1, 0.15) is 5.56 Å². The van der Waals surface area contributed by atoms with Gasteiger partial charge >= 0.3 is 0 Å². The van der Waals surface area contributed by atoms with Crippen molar-refractivity contribution in [1.82, 2.24) is 9.73 Å². The third kappa shape index (κ3) is 4.70. The van der Waals surface area contributed by atoms with Crippen LogP contribution >= 0.6 is 11.6 Å². The molecule has 0 aliphatic carbocycles. The molecule has 0 saturated heterocycles. The highest BCUT2D eigenvalue weighted by molar-refractivity contribution is 7.89. The minimum Gasteiger partial charge on any atom is -0.495 e. The zero-order valence-electron chi connectivity index (χ0n) is 13.5. The van der Waals surface area contributed by atoms with E-state index in [0.717, 1.165) is 9.87 Å². The van der Waals surface area contributed by atoms with Crippen molar-refractivity contribution in [3.8, 4) is 5.75 Å². The first-order valence-corrected chi connectivity index (χ1v) is 9.07. The highest BCUT2D eigenvalue weighted by Crippen LogP contribution is 2.28. The van der Waals surface area contributed by atoms with Crippen LogP contribution in [0, 0.1) is 0 Å². The molecule has 0 aliphatic rings. The van der Waals surface area contributed by atoms with Gasteiger partial charge in [-0.05, 0) is 23.8 Å². The number of ether oxygens (including phenoxy) is 1. The van der Waals surface area contributed by atoms with Crippen LogP contribution in [0.15, 0.2) is 53.4 Å². The average molecular weight is 384 g/mol. The summed E-state index contributed by atoms with van der Waals surface area (Å²) in [5, 5.41) is 0.159. The summed E-state index contributed by atoms with van der Waals surface area (Å²) in [6, 6.07) is 13.0. The SMILES string of the molecule is COc1ccc(S(=O)(=O)N(CC(=O)NN)Cc2ccccc2)cc1Cl. The van der Waals surface area contributed by atoms with Gasteiger partial charge in [-0.1, -0.05) is 41.9 Å². The van der Waals surface area contributed by atoms with Crippen molar-refractivity contribution in [3.05, 3.63) is 59.1 Å². The molecular weight excluding hydrogens is 366 g/mol. The van der Waals surface area contributed by atoms with Gasteiger partial charge in [0.25, 0.3) is 0 Å². The maximum atomic E-state index is 12.9. The lowest BCUT2D eigenvalue weighted by atomic mass is 10.2. The molecule has 9 heteroatoms. The molecule has 0 heterocycles. The summed E-state index contributed by atoms with van der Waals surface area (Å²) in [6.07, 6.45) is 0. The number of nitrogens with zero attached hydrogens (tertiary/aromatic N) is 1. The summed E-state index contributed by atoms with van der Waals surface area (Å²) in [5.41, 5.74) is 2.68. The average Bonchev–Trinajstić information content (AvgIpc) is 2.61. The van der Waals surface area contributed by atoms with Gasteiger partial charge in [-0.3, -0.25) is 10.2 Å². The molecule has 0 unspecified atom stereocenters. The van der Waals surface area contributed by atoms with Crippen LogP contribution in [0.5, 0.6) is 5.75 Å². The number of rotatable bonds is 7. The Bertz CT molecular complexity index is 844. The number of hydrazine groups is 1. The van der Waals surface area contributed by atoms with Crippen LogP contribution in [0.3, 0.4) is 0 Å². The van der Waals surface area contributed by atoms with E-state index in [1.807, 2.05) is 11.5 Å². The molecule has 0 aliphatic heterocycles. The highest BCUT2D eigenvalue weighted by atomic mass is 35.5. The molecule has 134 valence electrons. The zero-order valence-corrected chi connectivity index (χ0v) is 15.0. The van der Waals surface area contributed by atoms with Crippen molar-refractivity contribution < 1.29 is 17.9 Å². The zero-order chi connectivity index (χ0) is 18.4. The molecule has 0 fully saturated rings. The number of carbonyl (C=O) groups is 1. The van der Waals surface area contributed by atoms with Crippen LogP contribution < -0.4 is 16.0 Å². The van der Waals surface area contributed by atoms with Crippen molar-refractivity contribution in [2.45, 2.75) is 11.4 Å². The van der Waals surface area contributed by atoms with Crippen LogP contribution in [0.2, 0.25) is 5.02 Å². The van der Waals surface area contributed by atoms with Gasteiger partial charge in [-0.15, -0.1) is 0 Å². The van der Waals surface area contributed by atoms with Crippen molar-refractivity contribution in [2.75, 3.05) is 13.7 Å². The maximum Gasteiger partial charge on any atom is 0.249 e. The van der Waals surface area contributed by atoms with Crippen molar-refractivity contribution in [3.63, 3.8) is 0 Å². The van der Waals surface area contributed by atoms with Crippen LogP contribution in [-0.2, 0) is 21.4 Å². The van der Waals surface area contributed by atoms with Gasteiger partial charge in [0.05, 0.1) is 23.6 Å². The maximum absolute atomic E-state index is 12.9. The molecule has 0 atom stereocenters. The van der Waals surface area contributed by atoms with E-state index in [1.165, 1.54) is 25.3 Å². The lowest BCUT2D eigenvalue weighted by Crippen LogP contribution is -2.42. The fourth-order valence-electron chi connectivity index (χ4n) is 2.18. The van der Waals surface area contributed by atoms with E-state index in [1.54, 1.807) is 24.3 Å². The number of carbonyl (C=O) groups excluding carboxylic acids is 1. The lowest BCUT2D eigenvalue weighted by molar-refractivity contribution is -0.121. The number of amides is 1. The molecule has 2 rings (SSSR count). The van der Waals surface area contributed by atoms with Gasteiger partial charge in [0.1, 0.15) is 5.75 Å². The smallest absolute Gasteiger partial charge is 0.249 e. The minimum absolute atomic E-state index is 0.0141. The first-order valence-electron chi connectivity index (χ1n) is 7.25. The van der Waals surface area contributed by atoms with E-state index >= 15 is 0 Å². The Balaban J connectivity index is 2.40.